The standard InChI is InChI=1S/C15H17FN2/c1-11-3-6-13(10-18-11)15(2,17)9-12-4-7-14(16)8-5-12/h3-8,10H,9,17H2,1-2H3. The topological polar surface area (TPSA) is 38.9 Å². The summed E-state index contributed by atoms with van der Waals surface area (Å²) in [6.45, 7) is 3.90. The lowest BCUT2D eigenvalue weighted by atomic mass is 9.87. The van der Waals surface area contributed by atoms with Crippen molar-refractivity contribution in [2.45, 2.75) is 25.8 Å². The Morgan fingerprint density at radius 3 is 2.39 bits per heavy atom. The molecule has 1 aromatic carbocycles. The molecule has 0 aliphatic carbocycles. The van der Waals surface area contributed by atoms with Gasteiger partial charge in [-0.05, 0) is 49.6 Å². The molecule has 1 heterocycles. The molecule has 2 nitrogen and oxygen atoms in total. The van der Waals surface area contributed by atoms with Crippen molar-refractivity contribution in [2.75, 3.05) is 0 Å². The predicted octanol–water partition coefficient (Wildman–Crippen LogP) is 2.95. The highest BCUT2D eigenvalue weighted by Gasteiger charge is 2.21. The molecule has 0 fully saturated rings. The van der Waals surface area contributed by atoms with Gasteiger partial charge < -0.3 is 5.73 Å². The van der Waals surface area contributed by atoms with E-state index in [9.17, 15) is 4.39 Å². The summed E-state index contributed by atoms with van der Waals surface area (Å²) in [6.07, 6.45) is 2.46. The van der Waals surface area contributed by atoms with Crippen LogP contribution in [0.15, 0.2) is 42.6 Å². The number of aryl methyl sites for hydroxylation is 1. The minimum Gasteiger partial charge on any atom is -0.321 e. The number of nitrogens with zero attached hydrogens (tertiary/aromatic N) is 1. The molecule has 0 radical (unpaired) electrons. The normalized spacial score (nSPS) is 14.2. The van der Waals surface area contributed by atoms with E-state index >= 15 is 0 Å². The highest BCUT2D eigenvalue weighted by atomic mass is 19.1. The number of hydrogen-bond donors (Lipinski definition) is 1. The van der Waals surface area contributed by atoms with Crippen molar-refractivity contribution in [3.63, 3.8) is 0 Å². The molecule has 94 valence electrons. The maximum absolute atomic E-state index is 12.8. The Kier molecular flexibility index (Phi) is 3.43. The number of halogens is 1. The first-order valence-electron chi connectivity index (χ1n) is 5.94. The van der Waals surface area contributed by atoms with Crippen LogP contribution in [0.2, 0.25) is 0 Å². The fraction of sp³-hybridized carbons (Fsp3) is 0.267. The van der Waals surface area contributed by atoms with Crippen LogP contribution < -0.4 is 5.73 Å². The van der Waals surface area contributed by atoms with Crippen LogP contribution >= 0.6 is 0 Å². The van der Waals surface area contributed by atoms with E-state index in [-0.39, 0.29) is 5.82 Å². The van der Waals surface area contributed by atoms with E-state index < -0.39 is 5.54 Å². The zero-order chi connectivity index (χ0) is 13.2. The SMILES string of the molecule is Cc1ccc(C(C)(N)Cc2ccc(F)cc2)cn1. The third-order valence-electron chi connectivity index (χ3n) is 3.06. The lowest BCUT2D eigenvalue weighted by Crippen LogP contribution is -2.35. The molecule has 2 rings (SSSR count). The quantitative estimate of drug-likeness (QED) is 0.901. The van der Waals surface area contributed by atoms with Gasteiger partial charge in [-0.25, -0.2) is 4.39 Å². The van der Waals surface area contributed by atoms with Crippen LogP contribution in [0.5, 0.6) is 0 Å². The van der Waals surface area contributed by atoms with Crippen LogP contribution in [0.4, 0.5) is 4.39 Å². The third kappa shape index (κ3) is 2.93. The second-order valence-electron chi connectivity index (χ2n) is 4.91. The van der Waals surface area contributed by atoms with Gasteiger partial charge in [0.2, 0.25) is 0 Å². The second kappa shape index (κ2) is 4.86. The third-order valence-corrected chi connectivity index (χ3v) is 3.06. The summed E-state index contributed by atoms with van der Waals surface area (Å²) in [5.41, 5.74) is 8.79. The van der Waals surface area contributed by atoms with Crippen molar-refractivity contribution in [2.24, 2.45) is 5.73 Å². The van der Waals surface area contributed by atoms with Gasteiger partial charge in [-0.2, -0.15) is 0 Å². The molecule has 0 amide bonds. The van der Waals surface area contributed by atoms with Crippen LogP contribution in [0, 0.1) is 12.7 Å². The first kappa shape index (κ1) is 12.7. The van der Waals surface area contributed by atoms with Crippen LogP contribution in [-0.2, 0) is 12.0 Å². The van der Waals surface area contributed by atoms with Gasteiger partial charge in [0, 0.05) is 17.4 Å². The fourth-order valence-corrected chi connectivity index (χ4v) is 1.93. The number of benzene rings is 1. The molecule has 2 N–H and O–H groups in total. The molecule has 1 unspecified atom stereocenters. The number of hydrogen-bond acceptors (Lipinski definition) is 2. The molecular formula is C15H17FN2. The molecule has 2 aromatic rings. The second-order valence-corrected chi connectivity index (χ2v) is 4.91. The van der Waals surface area contributed by atoms with E-state index in [0.717, 1.165) is 16.8 Å². The van der Waals surface area contributed by atoms with Crippen LogP contribution in [0.25, 0.3) is 0 Å². The Bertz CT molecular complexity index is 515. The van der Waals surface area contributed by atoms with Crippen molar-refractivity contribution >= 4 is 0 Å². The van der Waals surface area contributed by atoms with Gasteiger partial charge in [-0.15, -0.1) is 0 Å². The summed E-state index contributed by atoms with van der Waals surface area (Å²) >= 11 is 0. The molecular weight excluding hydrogens is 227 g/mol. The molecule has 3 heteroatoms. The Hall–Kier alpha value is -1.74. The van der Waals surface area contributed by atoms with E-state index in [4.69, 9.17) is 5.73 Å². The highest BCUT2D eigenvalue weighted by Crippen LogP contribution is 2.22. The number of pyridine rings is 1. The fourth-order valence-electron chi connectivity index (χ4n) is 1.93. The first-order valence-corrected chi connectivity index (χ1v) is 5.94. The summed E-state index contributed by atoms with van der Waals surface area (Å²) in [7, 11) is 0. The average Bonchev–Trinajstić information content (AvgIpc) is 2.32. The molecule has 0 spiro atoms. The van der Waals surface area contributed by atoms with Crippen molar-refractivity contribution in [3.05, 3.63) is 65.2 Å². The molecule has 1 atom stereocenters. The summed E-state index contributed by atoms with van der Waals surface area (Å²) in [5.74, 6) is -0.227. The van der Waals surface area contributed by atoms with Gasteiger partial charge >= 0.3 is 0 Å². The number of nitrogens with two attached hydrogens (primary N) is 1. The zero-order valence-corrected chi connectivity index (χ0v) is 10.7. The Morgan fingerprint density at radius 2 is 1.83 bits per heavy atom. The molecule has 1 aromatic heterocycles. The van der Waals surface area contributed by atoms with Crippen molar-refractivity contribution < 1.29 is 4.39 Å². The van der Waals surface area contributed by atoms with Crippen molar-refractivity contribution in [1.29, 1.82) is 0 Å². The van der Waals surface area contributed by atoms with Gasteiger partial charge in [0.1, 0.15) is 5.82 Å². The lowest BCUT2D eigenvalue weighted by Gasteiger charge is -2.25. The van der Waals surface area contributed by atoms with Gasteiger partial charge in [0.25, 0.3) is 0 Å². The summed E-state index contributed by atoms with van der Waals surface area (Å²) in [6, 6.07) is 10.4. The van der Waals surface area contributed by atoms with Gasteiger partial charge in [-0.1, -0.05) is 18.2 Å². The molecule has 18 heavy (non-hydrogen) atoms. The molecule has 0 saturated heterocycles. The van der Waals surface area contributed by atoms with Crippen LogP contribution in [-0.4, -0.2) is 4.98 Å². The van der Waals surface area contributed by atoms with E-state index in [1.54, 1.807) is 18.3 Å². The maximum Gasteiger partial charge on any atom is 0.123 e. The van der Waals surface area contributed by atoms with E-state index in [2.05, 4.69) is 4.98 Å². The molecule has 0 aliphatic heterocycles. The largest absolute Gasteiger partial charge is 0.321 e. The minimum atomic E-state index is -0.501. The maximum atomic E-state index is 12.8. The number of rotatable bonds is 3. The van der Waals surface area contributed by atoms with Crippen LogP contribution in [0.1, 0.15) is 23.7 Å². The Morgan fingerprint density at radius 1 is 1.17 bits per heavy atom. The van der Waals surface area contributed by atoms with Gasteiger partial charge in [0.05, 0.1) is 0 Å². The van der Waals surface area contributed by atoms with E-state index in [1.165, 1.54) is 12.1 Å². The van der Waals surface area contributed by atoms with Gasteiger partial charge in [0.15, 0.2) is 0 Å². The smallest absolute Gasteiger partial charge is 0.123 e. The Labute approximate surface area is 107 Å². The minimum absolute atomic E-state index is 0.227. The summed E-state index contributed by atoms with van der Waals surface area (Å²) in [5, 5.41) is 0. The van der Waals surface area contributed by atoms with Gasteiger partial charge in [-0.3, -0.25) is 4.98 Å². The lowest BCUT2D eigenvalue weighted by molar-refractivity contribution is 0.488. The molecule has 0 saturated carbocycles. The van der Waals surface area contributed by atoms with Crippen LogP contribution in [0.3, 0.4) is 0 Å². The highest BCUT2D eigenvalue weighted by molar-refractivity contribution is 5.26. The monoisotopic (exact) mass is 244 g/mol. The average molecular weight is 244 g/mol. The predicted molar refractivity (Wildman–Crippen MR) is 70.6 cm³/mol. The summed E-state index contributed by atoms with van der Waals surface area (Å²) < 4.78 is 12.8. The summed E-state index contributed by atoms with van der Waals surface area (Å²) in [4.78, 5) is 4.26. The van der Waals surface area contributed by atoms with E-state index in [0.29, 0.717) is 6.42 Å². The van der Waals surface area contributed by atoms with Crippen molar-refractivity contribution in [1.82, 2.24) is 4.98 Å². The first-order chi connectivity index (χ1) is 8.47. The molecule has 0 aliphatic rings. The van der Waals surface area contributed by atoms with Crippen molar-refractivity contribution in [3.8, 4) is 0 Å². The number of aromatic nitrogens is 1. The Balaban J connectivity index is 2.20. The van der Waals surface area contributed by atoms with E-state index in [1.807, 2.05) is 26.0 Å². The zero-order valence-electron chi connectivity index (χ0n) is 10.7. The molecule has 0 bridgehead atoms.